The van der Waals surface area contributed by atoms with Gasteiger partial charge >= 0.3 is 0 Å². The van der Waals surface area contributed by atoms with Crippen LogP contribution in [0, 0.1) is 5.92 Å². The highest BCUT2D eigenvalue weighted by Crippen LogP contribution is 2.24. The number of unbranched alkanes of at least 4 members (excludes halogenated alkanes) is 1. The molecule has 5 nitrogen and oxygen atoms in total. The maximum atomic E-state index is 12.7. The molecule has 0 bridgehead atoms. The molecule has 2 rings (SSSR count). The molecule has 0 aliphatic carbocycles. The van der Waals surface area contributed by atoms with Crippen LogP contribution in [0.3, 0.4) is 0 Å². The number of carbonyl (C=O) groups excluding carboxylic acids is 1. The van der Waals surface area contributed by atoms with Gasteiger partial charge in [0, 0.05) is 24.7 Å². The Hall–Kier alpha value is -1.11. The van der Waals surface area contributed by atoms with Crippen molar-refractivity contribution in [1.82, 2.24) is 9.62 Å². The molecule has 0 saturated carbocycles. The van der Waals surface area contributed by atoms with E-state index in [1.54, 1.807) is 12.1 Å². The van der Waals surface area contributed by atoms with E-state index in [4.69, 9.17) is 11.6 Å². The zero-order valence-electron chi connectivity index (χ0n) is 13.3. The van der Waals surface area contributed by atoms with E-state index in [-0.39, 0.29) is 23.3 Å². The number of halogens is 1. The average molecular weight is 359 g/mol. The van der Waals surface area contributed by atoms with Crippen molar-refractivity contribution < 1.29 is 13.2 Å². The number of hydrogen-bond acceptors (Lipinski definition) is 3. The molecule has 1 N–H and O–H groups in total. The van der Waals surface area contributed by atoms with E-state index in [2.05, 4.69) is 12.2 Å². The number of piperidine rings is 1. The van der Waals surface area contributed by atoms with Crippen LogP contribution in [0.5, 0.6) is 0 Å². The van der Waals surface area contributed by atoms with Gasteiger partial charge in [-0.15, -0.1) is 0 Å². The van der Waals surface area contributed by atoms with E-state index in [1.807, 2.05) is 0 Å². The minimum Gasteiger partial charge on any atom is -0.356 e. The van der Waals surface area contributed by atoms with Crippen LogP contribution >= 0.6 is 11.6 Å². The first-order chi connectivity index (χ1) is 10.9. The van der Waals surface area contributed by atoms with Gasteiger partial charge in [-0.05, 0) is 43.5 Å². The fourth-order valence-electron chi connectivity index (χ4n) is 2.66. The summed E-state index contributed by atoms with van der Waals surface area (Å²) in [6, 6.07) is 6.13. The zero-order valence-corrected chi connectivity index (χ0v) is 14.9. The summed E-state index contributed by atoms with van der Waals surface area (Å²) in [6.45, 7) is 3.40. The number of sulfonamides is 1. The number of nitrogens with zero attached hydrogens (tertiary/aromatic N) is 1. The second kappa shape index (κ2) is 8.13. The number of nitrogens with one attached hydrogen (secondary N) is 1. The van der Waals surface area contributed by atoms with Crippen LogP contribution in [-0.4, -0.2) is 38.3 Å². The van der Waals surface area contributed by atoms with Crippen molar-refractivity contribution >= 4 is 27.5 Å². The first kappa shape index (κ1) is 18.2. The lowest BCUT2D eigenvalue weighted by molar-refractivity contribution is -0.126. The summed E-state index contributed by atoms with van der Waals surface area (Å²) in [4.78, 5) is 12.4. The number of rotatable bonds is 6. The Morgan fingerprint density at radius 1 is 1.35 bits per heavy atom. The first-order valence-electron chi connectivity index (χ1n) is 7.98. The minimum absolute atomic E-state index is 0.0468. The molecule has 1 fully saturated rings. The highest BCUT2D eigenvalue weighted by Gasteiger charge is 2.33. The maximum absolute atomic E-state index is 12.7. The third kappa shape index (κ3) is 4.68. The molecule has 1 atom stereocenters. The third-order valence-corrected chi connectivity index (χ3v) is 6.17. The Kier molecular flexibility index (Phi) is 6.44. The van der Waals surface area contributed by atoms with Gasteiger partial charge in [0.2, 0.25) is 15.9 Å². The smallest absolute Gasteiger partial charge is 0.243 e. The van der Waals surface area contributed by atoms with Gasteiger partial charge in [0.1, 0.15) is 0 Å². The molecule has 1 aliphatic rings. The third-order valence-electron chi connectivity index (χ3n) is 4.04. The Morgan fingerprint density at radius 3 is 2.70 bits per heavy atom. The van der Waals surface area contributed by atoms with Crippen LogP contribution in [0.1, 0.15) is 32.6 Å². The highest BCUT2D eigenvalue weighted by molar-refractivity contribution is 7.89. The van der Waals surface area contributed by atoms with Crippen LogP contribution in [-0.2, 0) is 14.8 Å². The summed E-state index contributed by atoms with van der Waals surface area (Å²) in [5.74, 6) is -0.322. The van der Waals surface area contributed by atoms with Crippen molar-refractivity contribution in [2.75, 3.05) is 19.6 Å². The summed E-state index contributed by atoms with van der Waals surface area (Å²) in [5.41, 5.74) is 0. The lowest BCUT2D eigenvalue weighted by atomic mass is 9.99. The molecule has 0 aromatic heterocycles. The Balaban J connectivity index is 2.05. The van der Waals surface area contributed by atoms with E-state index >= 15 is 0 Å². The summed E-state index contributed by atoms with van der Waals surface area (Å²) >= 11 is 5.81. The molecule has 1 aromatic carbocycles. The fourth-order valence-corrected chi connectivity index (χ4v) is 4.31. The molecule has 1 unspecified atom stereocenters. The van der Waals surface area contributed by atoms with Gasteiger partial charge < -0.3 is 5.32 Å². The van der Waals surface area contributed by atoms with Crippen molar-refractivity contribution in [1.29, 1.82) is 0 Å². The number of amides is 1. The molecule has 0 spiro atoms. The highest BCUT2D eigenvalue weighted by atomic mass is 35.5. The van der Waals surface area contributed by atoms with E-state index in [0.717, 1.165) is 19.3 Å². The predicted octanol–water partition coefficient (Wildman–Crippen LogP) is 2.66. The van der Waals surface area contributed by atoms with Crippen LogP contribution in [0.2, 0.25) is 5.02 Å². The molecule has 0 radical (unpaired) electrons. The van der Waals surface area contributed by atoms with Gasteiger partial charge in [-0.1, -0.05) is 24.9 Å². The molecule has 128 valence electrons. The maximum Gasteiger partial charge on any atom is 0.243 e. The molecule has 7 heteroatoms. The summed E-state index contributed by atoms with van der Waals surface area (Å²) in [5, 5.41) is 3.39. The predicted molar refractivity (Wildman–Crippen MR) is 90.9 cm³/mol. The summed E-state index contributed by atoms with van der Waals surface area (Å²) in [6.07, 6.45) is 3.37. The monoisotopic (exact) mass is 358 g/mol. The molecular formula is C16H23ClN2O3S. The molecule has 1 aliphatic heterocycles. The number of hydrogen-bond donors (Lipinski definition) is 1. The van der Waals surface area contributed by atoms with Crippen LogP contribution in [0.15, 0.2) is 29.2 Å². The van der Waals surface area contributed by atoms with E-state index in [0.29, 0.717) is 24.5 Å². The normalized spacial score (nSPS) is 19.5. The van der Waals surface area contributed by atoms with Gasteiger partial charge in [0.05, 0.1) is 10.8 Å². The lowest BCUT2D eigenvalue weighted by Crippen LogP contribution is -2.45. The van der Waals surface area contributed by atoms with Crippen LogP contribution in [0.25, 0.3) is 0 Å². The van der Waals surface area contributed by atoms with Gasteiger partial charge in [-0.25, -0.2) is 8.42 Å². The van der Waals surface area contributed by atoms with Crippen molar-refractivity contribution in [3.8, 4) is 0 Å². The second-order valence-electron chi connectivity index (χ2n) is 5.80. The molecule has 23 heavy (non-hydrogen) atoms. The van der Waals surface area contributed by atoms with Crippen molar-refractivity contribution in [2.24, 2.45) is 5.92 Å². The average Bonchev–Trinajstić information content (AvgIpc) is 2.55. The molecule has 1 amide bonds. The fraction of sp³-hybridized carbons (Fsp3) is 0.562. The second-order valence-corrected chi connectivity index (χ2v) is 8.18. The van der Waals surface area contributed by atoms with E-state index < -0.39 is 10.0 Å². The van der Waals surface area contributed by atoms with Crippen molar-refractivity contribution in [2.45, 2.75) is 37.5 Å². The van der Waals surface area contributed by atoms with Crippen molar-refractivity contribution in [3.63, 3.8) is 0 Å². The Bertz CT molecular complexity index is 631. The lowest BCUT2D eigenvalue weighted by Gasteiger charge is -2.31. The van der Waals surface area contributed by atoms with E-state index in [1.165, 1.54) is 16.4 Å². The quantitative estimate of drug-likeness (QED) is 0.795. The van der Waals surface area contributed by atoms with Gasteiger partial charge in [0.25, 0.3) is 0 Å². The van der Waals surface area contributed by atoms with E-state index in [9.17, 15) is 13.2 Å². The summed E-state index contributed by atoms with van der Waals surface area (Å²) < 4.78 is 26.8. The zero-order chi connectivity index (χ0) is 16.9. The molecule has 1 saturated heterocycles. The first-order valence-corrected chi connectivity index (χ1v) is 9.80. The van der Waals surface area contributed by atoms with Crippen LogP contribution < -0.4 is 5.32 Å². The largest absolute Gasteiger partial charge is 0.356 e. The summed E-state index contributed by atoms with van der Waals surface area (Å²) in [7, 11) is -3.58. The van der Waals surface area contributed by atoms with Gasteiger partial charge in [0.15, 0.2) is 0 Å². The Morgan fingerprint density at radius 2 is 2.04 bits per heavy atom. The van der Waals surface area contributed by atoms with Gasteiger partial charge in [-0.2, -0.15) is 4.31 Å². The molecule has 1 aromatic rings. The standard InChI is InChI=1S/C16H23ClN2O3S/c1-2-3-10-18-16(20)13-5-4-11-19(12-13)23(21,22)15-8-6-14(17)7-9-15/h6-9,13H,2-5,10-12H2,1H3,(H,18,20). The topological polar surface area (TPSA) is 66.5 Å². The Labute approximate surface area is 143 Å². The molecular weight excluding hydrogens is 336 g/mol. The number of carbonyl (C=O) groups is 1. The number of benzene rings is 1. The van der Waals surface area contributed by atoms with Crippen LogP contribution in [0.4, 0.5) is 0 Å². The minimum atomic E-state index is -3.58. The SMILES string of the molecule is CCCCNC(=O)C1CCCN(S(=O)(=O)c2ccc(Cl)cc2)C1. The molecule has 1 heterocycles. The van der Waals surface area contributed by atoms with Gasteiger partial charge in [-0.3, -0.25) is 4.79 Å². The van der Waals surface area contributed by atoms with Crippen molar-refractivity contribution in [3.05, 3.63) is 29.3 Å².